The SMILES string of the molecule is COc1ccccc1-n1cc(N=O)c(=O)n(N)c1=S. The first-order valence-electron chi connectivity index (χ1n) is 5.20. The van der Waals surface area contributed by atoms with Crippen molar-refractivity contribution in [2.75, 3.05) is 13.0 Å². The van der Waals surface area contributed by atoms with Crippen molar-refractivity contribution in [3.05, 3.63) is 50.5 Å². The number of para-hydroxylation sites is 2. The van der Waals surface area contributed by atoms with E-state index < -0.39 is 5.56 Å². The normalized spacial score (nSPS) is 10.2. The third-order valence-corrected chi connectivity index (χ3v) is 2.94. The van der Waals surface area contributed by atoms with Gasteiger partial charge in [0, 0.05) is 6.20 Å². The van der Waals surface area contributed by atoms with Crippen LogP contribution in [0.15, 0.2) is 40.4 Å². The minimum Gasteiger partial charge on any atom is -0.495 e. The van der Waals surface area contributed by atoms with Crippen molar-refractivity contribution in [1.29, 1.82) is 0 Å². The second-order valence-electron chi connectivity index (χ2n) is 3.61. The molecule has 1 aromatic heterocycles. The number of nitrogen functional groups attached to an aromatic ring is 1. The van der Waals surface area contributed by atoms with Gasteiger partial charge in [-0.15, -0.1) is 4.91 Å². The number of aromatic nitrogens is 2. The molecule has 0 radical (unpaired) electrons. The number of benzene rings is 1. The maximum absolute atomic E-state index is 11.6. The number of hydrogen-bond donors (Lipinski definition) is 1. The second kappa shape index (κ2) is 5.02. The molecule has 19 heavy (non-hydrogen) atoms. The molecule has 0 aliphatic carbocycles. The predicted octanol–water partition coefficient (Wildman–Crippen LogP) is 1.49. The molecule has 0 aliphatic rings. The lowest BCUT2D eigenvalue weighted by atomic mass is 10.3. The van der Waals surface area contributed by atoms with Gasteiger partial charge in [0.2, 0.25) is 4.77 Å². The molecule has 0 saturated heterocycles. The molecule has 8 heteroatoms. The molecule has 0 saturated carbocycles. The summed E-state index contributed by atoms with van der Waals surface area (Å²) in [4.78, 5) is 22.2. The van der Waals surface area contributed by atoms with E-state index >= 15 is 0 Å². The molecule has 0 unspecified atom stereocenters. The Balaban J connectivity index is 2.83. The summed E-state index contributed by atoms with van der Waals surface area (Å²) in [6, 6.07) is 6.98. The van der Waals surface area contributed by atoms with E-state index in [1.54, 1.807) is 24.3 Å². The van der Waals surface area contributed by atoms with E-state index in [1.807, 2.05) is 0 Å². The van der Waals surface area contributed by atoms with Gasteiger partial charge in [0.05, 0.1) is 12.8 Å². The van der Waals surface area contributed by atoms with Crippen LogP contribution >= 0.6 is 12.2 Å². The Hall–Kier alpha value is -2.48. The zero-order valence-corrected chi connectivity index (χ0v) is 10.8. The van der Waals surface area contributed by atoms with Gasteiger partial charge in [-0.3, -0.25) is 9.36 Å². The molecule has 0 bridgehead atoms. The Morgan fingerprint density at radius 3 is 2.68 bits per heavy atom. The van der Waals surface area contributed by atoms with Crippen LogP contribution in [0.4, 0.5) is 5.69 Å². The van der Waals surface area contributed by atoms with E-state index in [1.165, 1.54) is 17.9 Å². The minimum absolute atomic E-state index is 0.0295. The van der Waals surface area contributed by atoms with Crippen molar-refractivity contribution in [3.63, 3.8) is 0 Å². The fraction of sp³-hybridized carbons (Fsp3) is 0.0909. The Kier molecular flexibility index (Phi) is 3.43. The molecule has 2 N–H and O–H groups in total. The van der Waals surface area contributed by atoms with Gasteiger partial charge < -0.3 is 10.6 Å². The highest BCUT2D eigenvalue weighted by Crippen LogP contribution is 2.23. The largest absolute Gasteiger partial charge is 0.495 e. The van der Waals surface area contributed by atoms with Crippen LogP contribution in [-0.2, 0) is 0 Å². The lowest BCUT2D eigenvalue weighted by Gasteiger charge is -2.12. The van der Waals surface area contributed by atoms with Gasteiger partial charge in [-0.25, -0.2) is 0 Å². The van der Waals surface area contributed by atoms with Crippen LogP contribution in [0.3, 0.4) is 0 Å². The van der Waals surface area contributed by atoms with Crippen molar-refractivity contribution in [2.45, 2.75) is 0 Å². The highest BCUT2D eigenvalue weighted by Gasteiger charge is 2.11. The zero-order chi connectivity index (χ0) is 14.0. The standard InChI is InChI=1S/C11H10N4O3S/c1-18-9-5-3-2-4-8(9)14-6-7(13-17)10(16)15(12)11(14)19/h2-6H,12H2,1H3. The fourth-order valence-corrected chi connectivity index (χ4v) is 1.86. The van der Waals surface area contributed by atoms with E-state index in [-0.39, 0.29) is 10.5 Å². The molecule has 0 aliphatic heterocycles. The first kappa shape index (κ1) is 13.0. The molecule has 1 heterocycles. The van der Waals surface area contributed by atoms with E-state index in [4.69, 9.17) is 22.8 Å². The summed E-state index contributed by atoms with van der Waals surface area (Å²) in [5.41, 5.74) is -0.521. The lowest BCUT2D eigenvalue weighted by molar-refractivity contribution is 0.412. The lowest BCUT2D eigenvalue weighted by Crippen LogP contribution is -2.30. The Morgan fingerprint density at radius 1 is 1.37 bits per heavy atom. The van der Waals surface area contributed by atoms with Gasteiger partial charge in [-0.05, 0) is 29.5 Å². The van der Waals surface area contributed by atoms with E-state index in [0.29, 0.717) is 16.1 Å². The fourth-order valence-electron chi connectivity index (χ4n) is 1.62. The van der Waals surface area contributed by atoms with Gasteiger partial charge in [0.1, 0.15) is 5.75 Å². The molecular formula is C11H10N4O3S. The van der Waals surface area contributed by atoms with Crippen molar-refractivity contribution in [3.8, 4) is 11.4 Å². The van der Waals surface area contributed by atoms with E-state index in [9.17, 15) is 9.70 Å². The molecule has 98 valence electrons. The number of nitroso groups, excluding NO2 is 1. The quantitative estimate of drug-likeness (QED) is 0.521. The highest BCUT2D eigenvalue weighted by molar-refractivity contribution is 7.71. The average molecular weight is 278 g/mol. The Labute approximate surface area is 112 Å². The predicted molar refractivity (Wildman–Crippen MR) is 73.0 cm³/mol. The summed E-state index contributed by atoms with van der Waals surface area (Å²) >= 11 is 5.08. The minimum atomic E-state index is -0.744. The first-order chi connectivity index (χ1) is 9.10. The van der Waals surface area contributed by atoms with Crippen molar-refractivity contribution in [2.24, 2.45) is 5.18 Å². The summed E-state index contributed by atoms with van der Waals surface area (Å²) in [6.45, 7) is 0. The van der Waals surface area contributed by atoms with Crippen LogP contribution in [0.5, 0.6) is 5.75 Å². The Bertz CT molecular complexity index is 750. The van der Waals surface area contributed by atoms with Crippen LogP contribution in [-0.4, -0.2) is 16.4 Å². The zero-order valence-electron chi connectivity index (χ0n) is 9.94. The maximum atomic E-state index is 11.6. The van der Waals surface area contributed by atoms with Gasteiger partial charge in [-0.2, -0.15) is 4.68 Å². The summed E-state index contributed by atoms with van der Waals surface area (Å²) in [6.07, 6.45) is 1.23. The molecule has 7 nitrogen and oxygen atoms in total. The van der Waals surface area contributed by atoms with Gasteiger partial charge >= 0.3 is 5.56 Å². The number of nitrogens with two attached hydrogens (primary N) is 1. The van der Waals surface area contributed by atoms with Crippen LogP contribution in [0.1, 0.15) is 0 Å². The maximum Gasteiger partial charge on any atom is 0.302 e. The van der Waals surface area contributed by atoms with Gasteiger partial charge in [0.15, 0.2) is 5.69 Å². The molecule has 0 atom stereocenters. The van der Waals surface area contributed by atoms with E-state index in [2.05, 4.69) is 5.18 Å². The molecule has 2 rings (SSSR count). The summed E-state index contributed by atoms with van der Waals surface area (Å²) in [5.74, 6) is 6.05. The number of ether oxygens (including phenoxy) is 1. The molecule has 0 amide bonds. The summed E-state index contributed by atoms with van der Waals surface area (Å²) in [5, 5.41) is 2.64. The molecule has 0 spiro atoms. The first-order valence-corrected chi connectivity index (χ1v) is 5.61. The van der Waals surface area contributed by atoms with Crippen molar-refractivity contribution >= 4 is 17.9 Å². The summed E-state index contributed by atoms with van der Waals surface area (Å²) < 4.78 is 7.31. The molecule has 2 aromatic rings. The average Bonchev–Trinajstić information content (AvgIpc) is 2.45. The van der Waals surface area contributed by atoms with Crippen LogP contribution < -0.4 is 16.1 Å². The van der Waals surface area contributed by atoms with Gasteiger partial charge in [0.25, 0.3) is 0 Å². The van der Waals surface area contributed by atoms with Crippen LogP contribution in [0, 0.1) is 9.68 Å². The topological polar surface area (TPSA) is 91.6 Å². The summed E-state index contributed by atoms with van der Waals surface area (Å²) in [7, 11) is 1.50. The highest BCUT2D eigenvalue weighted by atomic mass is 32.1. The van der Waals surface area contributed by atoms with Crippen LogP contribution in [0.25, 0.3) is 5.69 Å². The second-order valence-corrected chi connectivity index (χ2v) is 3.97. The number of methoxy groups -OCH3 is 1. The van der Waals surface area contributed by atoms with Crippen molar-refractivity contribution in [1.82, 2.24) is 9.24 Å². The smallest absolute Gasteiger partial charge is 0.302 e. The van der Waals surface area contributed by atoms with Crippen molar-refractivity contribution < 1.29 is 4.74 Å². The number of nitrogens with zero attached hydrogens (tertiary/aromatic N) is 3. The monoisotopic (exact) mass is 278 g/mol. The molecular weight excluding hydrogens is 268 g/mol. The van der Waals surface area contributed by atoms with E-state index in [0.717, 1.165) is 0 Å². The third-order valence-electron chi connectivity index (χ3n) is 2.54. The Morgan fingerprint density at radius 2 is 2.05 bits per heavy atom. The molecule has 0 fully saturated rings. The third kappa shape index (κ3) is 2.13. The van der Waals surface area contributed by atoms with Gasteiger partial charge in [-0.1, -0.05) is 12.1 Å². The van der Waals surface area contributed by atoms with Crippen LogP contribution in [0.2, 0.25) is 0 Å². The number of rotatable bonds is 3. The molecule has 1 aromatic carbocycles. The number of hydrogen-bond acceptors (Lipinski definition) is 6.